The molecule has 0 bridgehead atoms. The number of allylic oxidation sites excluding steroid dienone is 1. The summed E-state index contributed by atoms with van der Waals surface area (Å²) in [5, 5.41) is 12.7. The van der Waals surface area contributed by atoms with Gasteiger partial charge in [-0.05, 0) is 26.0 Å². The molecule has 0 saturated carbocycles. The second-order valence-electron chi connectivity index (χ2n) is 4.86. The number of fused-ring (bicyclic) bond motifs is 1. The van der Waals surface area contributed by atoms with E-state index in [-0.39, 0.29) is 11.1 Å². The summed E-state index contributed by atoms with van der Waals surface area (Å²) in [4.78, 5) is 22.3. The van der Waals surface area contributed by atoms with Crippen LogP contribution in [0.25, 0.3) is 6.08 Å². The Morgan fingerprint density at radius 1 is 1.44 bits per heavy atom. The number of carbonyl (C=O) groups excluding carboxylic acids is 1. The molecule has 1 aromatic rings. The van der Waals surface area contributed by atoms with Crippen LogP contribution in [0.2, 0.25) is 0 Å². The van der Waals surface area contributed by atoms with Gasteiger partial charge >= 0.3 is 0 Å². The van der Waals surface area contributed by atoms with Crippen molar-refractivity contribution in [3.63, 3.8) is 0 Å². The van der Waals surface area contributed by atoms with Crippen LogP contribution in [-0.4, -0.2) is 21.2 Å². The summed E-state index contributed by atoms with van der Waals surface area (Å²) in [5.41, 5.74) is -0.319. The summed E-state index contributed by atoms with van der Waals surface area (Å²) in [6.45, 7) is 3.65. The van der Waals surface area contributed by atoms with Crippen molar-refractivity contribution < 1.29 is 9.90 Å². The minimum absolute atomic E-state index is 0.134. The summed E-state index contributed by atoms with van der Waals surface area (Å²) in [6.07, 6.45) is 4.67. The molecule has 0 fully saturated rings. The van der Waals surface area contributed by atoms with E-state index in [1.807, 2.05) is 0 Å². The van der Waals surface area contributed by atoms with Crippen LogP contribution in [0.1, 0.15) is 19.4 Å². The SMILES string of the molecule is CC(C)(O)Cn1ccc(=O)c2c1NC(=C=O)C=C2. The monoisotopic (exact) mass is 246 g/mol. The zero-order valence-corrected chi connectivity index (χ0v) is 10.2. The van der Waals surface area contributed by atoms with E-state index in [0.717, 1.165) is 0 Å². The van der Waals surface area contributed by atoms with Crippen molar-refractivity contribution in [3.05, 3.63) is 39.8 Å². The van der Waals surface area contributed by atoms with Crippen LogP contribution in [0, 0.1) is 0 Å². The van der Waals surface area contributed by atoms with E-state index in [0.29, 0.717) is 17.9 Å². The molecule has 1 aromatic heterocycles. The molecule has 5 nitrogen and oxygen atoms in total. The highest BCUT2D eigenvalue weighted by Crippen LogP contribution is 2.22. The molecule has 2 rings (SSSR count). The zero-order chi connectivity index (χ0) is 13.3. The summed E-state index contributed by atoms with van der Waals surface area (Å²) in [6, 6.07) is 1.44. The summed E-state index contributed by atoms with van der Waals surface area (Å²) in [7, 11) is 0. The van der Waals surface area contributed by atoms with E-state index in [1.165, 1.54) is 12.1 Å². The largest absolute Gasteiger partial charge is 0.389 e. The first-order chi connectivity index (χ1) is 8.40. The highest BCUT2D eigenvalue weighted by atomic mass is 16.3. The smallest absolute Gasteiger partial charge is 0.190 e. The van der Waals surface area contributed by atoms with Gasteiger partial charge in [-0.15, -0.1) is 0 Å². The van der Waals surface area contributed by atoms with Crippen LogP contribution in [0.4, 0.5) is 5.82 Å². The molecular weight excluding hydrogens is 232 g/mol. The lowest BCUT2D eigenvalue weighted by Crippen LogP contribution is -2.29. The van der Waals surface area contributed by atoms with Crippen molar-refractivity contribution >= 4 is 17.8 Å². The Hall–Kier alpha value is -2.10. The maximum Gasteiger partial charge on any atom is 0.190 e. The number of aliphatic hydroxyl groups is 1. The molecular formula is C13H14N2O3. The molecule has 1 aliphatic rings. The predicted octanol–water partition coefficient (Wildman–Crippen LogP) is 0.773. The first-order valence-corrected chi connectivity index (χ1v) is 5.57. The third-order valence-corrected chi connectivity index (χ3v) is 2.55. The van der Waals surface area contributed by atoms with E-state index in [4.69, 9.17) is 0 Å². The van der Waals surface area contributed by atoms with E-state index < -0.39 is 5.60 Å². The molecule has 0 amide bonds. The number of hydrogen-bond donors (Lipinski definition) is 2. The Bertz CT molecular complexity index is 614. The Kier molecular flexibility index (Phi) is 2.95. The third-order valence-electron chi connectivity index (χ3n) is 2.55. The van der Waals surface area contributed by atoms with Gasteiger partial charge in [-0.3, -0.25) is 4.79 Å². The fraction of sp³-hybridized carbons (Fsp3) is 0.308. The summed E-state index contributed by atoms with van der Waals surface area (Å²) < 4.78 is 1.71. The number of anilines is 1. The highest BCUT2D eigenvalue weighted by molar-refractivity contribution is 5.78. The molecule has 5 heteroatoms. The van der Waals surface area contributed by atoms with Crippen LogP contribution in [-0.2, 0) is 11.3 Å². The summed E-state index contributed by atoms with van der Waals surface area (Å²) in [5.74, 6) is 2.25. The van der Waals surface area contributed by atoms with E-state index in [1.54, 1.807) is 36.6 Å². The number of nitrogens with zero attached hydrogens (tertiary/aromatic N) is 1. The van der Waals surface area contributed by atoms with Crippen molar-refractivity contribution in [1.82, 2.24) is 4.57 Å². The summed E-state index contributed by atoms with van der Waals surface area (Å²) >= 11 is 0. The molecule has 0 radical (unpaired) electrons. The molecule has 0 aliphatic carbocycles. The average molecular weight is 246 g/mol. The van der Waals surface area contributed by atoms with Crippen LogP contribution in [0.15, 0.2) is 28.8 Å². The van der Waals surface area contributed by atoms with Gasteiger partial charge in [0.05, 0.1) is 17.7 Å². The number of aromatic nitrogens is 1. The zero-order valence-electron chi connectivity index (χ0n) is 10.2. The molecule has 0 atom stereocenters. The first kappa shape index (κ1) is 12.4. The van der Waals surface area contributed by atoms with Crippen LogP contribution in [0.3, 0.4) is 0 Å². The van der Waals surface area contributed by atoms with Gasteiger partial charge in [0.15, 0.2) is 11.4 Å². The minimum Gasteiger partial charge on any atom is -0.389 e. The van der Waals surface area contributed by atoms with Crippen molar-refractivity contribution in [3.8, 4) is 0 Å². The number of pyridine rings is 1. The third kappa shape index (κ3) is 2.42. The Morgan fingerprint density at radius 2 is 2.17 bits per heavy atom. The highest BCUT2D eigenvalue weighted by Gasteiger charge is 2.19. The maximum absolute atomic E-state index is 11.7. The van der Waals surface area contributed by atoms with Gasteiger partial charge in [0.2, 0.25) is 0 Å². The lowest BCUT2D eigenvalue weighted by molar-refractivity contribution is 0.0619. The van der Waals surface area contributed by atoms with Crippen LogP contribution < -0.4 is 10.7 Å². The maximum atomic E-state index is 11.7. The van der Waals surface area contributed by atoms with E-state index in [9.17, 15) is 14.7 Å². The van der Waals surface area contributed by atoms with Gasteiger partial charge in [0.25, 0.3) is 0 Å². The molecule has 0 unspecified atom stereocenters. The molecule has 1 aliphatic heterocycles. The topological polar surface area (TPSA) is 71.3 Å². The minimum atomic E-state index is -0.920. The predicted molar refractivity (Wildman–Crippen MR) is 68.9 cm³/mol. The number of hydrogen-bond acceptors (Lipinski definition) is 4. The molecule has 18 heavy (non-hydrogen) atoms. The average Bonchev–Trinajstić information content (AvgIpc) is 2.31. The molecule has 0 aromatic carbocycles. The lowest BCUT2D eigenvalue weighted by Gasteiger charge is -2.24. The second kappa shape index (κ2) is 4.29. The van der Waals surface area contributed by atoms with E-state index in [2.05, 4.69) is 5.32 Å². The number of nitrogens with one attached hydrogen (secondary N) is 1. The molecule has 2 heterocycles. The first-order valence-electron chi connectivity index (χ1n) is 5.57. The fourth-order valence-electron chi connectivity index (χ4n) is 1.84. The van der Waals surface area contributed by atoms with Gasteiger partial charge in [-0.2, -0.15) is 0 Å². The van der Waals surface area contributed by atoms with Gasteiger partial charge in [0.1, 0.15) is 11.5 Å². The van der Waals surface area contributed by atoms with Gasteiger partial charge < -0.3 is 15.0 Å². The van der Waals surface area contributed by atoms with Crippen LogP contribution >= 0.6 is 0 Å². The number of rotatable bonds is 2. The van der Waals surface area contributed by atoms with Gasteiger partial charge in [-0.1, -0.05) is 0 Å². The molecule has 94 valence electrons. The second-order valence-corrected chi connectivity index (χ2v) is 4.86. The Labute approximate surface area is 104 Å². The Morgan fingerprint density at radius 3 is 2.78 bits per heavy atom. The fourth-order valence-corrected chi connectivity index (χ4v) is 1.84. The van der Waals surface area contributed by atoms with Crippen molar-refractivity contribution in [2.75, 3.05) is 5.32 Å². The van der Waals surface area contributed by atoms with Crippen molar-refractivity contribution in [2.45, 2.75) is 26.0 Å². The normalized spacial score (nSPS) is 13.8. The lowest BCUT2D eigenvalue weighted by atomic mass is 10.1. The van der Waals surface area contributed by atoms with Crippen molar-refractivity contribution in [1.29, 1.82) is 0 Å². The van der Waals surface area contributed by atoms with Crippen molar-refractivity contribution in [2.24, 2.45) is 0 Å². The van der Waals surface area contributed by atoms with Crippen LogP contribution in [0.5, 0.6) is 0 Å². The quantitative estimate of drug-likeness (QED) is 0.756. The standard InChI is InChI=1S/C13H14N2O3/c1-13(2,18)8-15-6-5-11(17)10-4-3-9(7-16)14-12(10)15/h3-6,14,18H,8H2,1-2H3. The molecule has 2 N–H and O–H groups in total. The Balaban J connectivity index is 2.56. The molecule has 0 spiro atoms. The molecule has 0 saturated heterocycles. The van der Waals surface area contributed by atoms with Gasteiger partial charge in [-0.25, -0.2) is 4.79 Å². The van der Waals surface area contributed by atoms with Gasteiger partial charge in [0, 0.05) is 12.3 Å². The van der Waals surface area contributed by atoms with E-state index >= 15 is 0 Å².